The molecule has 0 saturated heterocycles. The lowest BCUT2D eigenvalue weighted by atomic mass is 9.72. The van der Waals surface area contributed by atoms with Crippen LogP contribution in [0, 0.1) is 23.0 Å². The number of rotatable bonds is 1. The Kier molecular flexibility index (Phi) is 3.99. The van der Waals surface area contributed by atoms with Crippen LogP contribution in [0.4, 0.5) is 8.78 Å². The van der Waals surface area contributed by atoms with Crippen LogP contribution in [0.5, 0.6) is 0 Å². The van der Waals surface area contributed by atoms with Crippen LogP contribution < -0.4 is 5.56 Å². The zero-order chi connectivity index (χ0) is 18.6. The number of nitrogens with one attached hydrogen (secondary N) is 1. The van der Waals surface area contributed by atoms with Crippen LogP contribution >= 0.6 is 11.3 Å². The van der Waals surface area contributed by atoms with Crippen molar-refractivity contribution >= 4 is 21.6 Å². The molecule has 2 aromatic heterocycles. The molecule has 1 aliphatic rings. The maximum atomic E-state index is 14.1. The van der Waals surface area contributed by atoms with E-state index >= 15 is 0 Å². The highest BCUT2D eigenvalue weighted by atomic mass is 32.1. The number of aromatic nitrogens is 2. The second kappa shape index (κ2) is 5.98. The molecule has 1 N–H and O–H groups in total. The fourth-order valence-electron chi connectivity index (χ4n) is 3.77. The first-order valence-electron chi connectivity index (χ1n) is 8.74. The van der Waals surface area contributed by atoms with Crippen molar-refractivity contribution in [2.75, 3.05) is 0 Å². The standard InChI is InChI=1S/C20H20F2N2OS/c1-20(2,3)10-7-8-11-14(9-10)26-19-15(11)18(25)23-17(24-19)16-12(21)5-4-6-13(16)22/h4-6,10H,7-9H2,1-3H3,(H,23,24,25). The molecule has 3 aromatic rings. The van der Waals surface area contributed by atoms with Gasteiger partial charge in [-0.15, -0.1) is 11.3 Å². The van der Waals surface area contributed by atoms with Gasteiger partial charge in [-0.2, -0.15) is 0 Å². The van der Waals surface area contributed by atoms with Gasteiger partial charge in [0.15, 0.2) is 0 Å². The molecule has 0 saturated carbocycles. The molecule has 3 nitrogen and oxygen atoms in total. The zero-order valence-corrected chi connectivity index (χ0v) is 15.8. The van der Waals surface area contributed by atoms with Crippen molar-refractivity contribution in [1.29, 1.82) is 0 Å². The summed E-state index contributed by atoms with van der Waals surface area (Å²) in [6.45, 7) is 6.71. The summed E-state index contributed by atoms with van der Waals surface area (Å²) in [5, 5.41) is 0.581. The van der Waals surface area contributed by atoms with E-state index in [1.54, 1.807) is 0 Å². The minimum Gasteiger partial charge on any atom is -0.306 e. The molecular weight excluding hydrogens is 354 g/mol. The van der Waals surface area contributed by atoms with Crippen LogP contribution in [0.25, 0.3) is 21.6 Å². The Morgan fingerprint density at radius 3 is 2.58 bits per heavy atom. The molecule has 26 heavy (non-hydrogen) atoms. The summed E-state index contributed by atoms with van der Waals surface area (Å²) in [5.41, 5.74) is 0.652. The maximum absolute atomic E-state index is 14.1. The number of hydrogen-bond donors (Lipinski definition) is 1. The predicted molar refractivity (Wildman–Crippen MR) is 101 cm³/mol. The van der Waals surface area contributed by atoms with Crippen LogP contribution in [0.2, 0.25) is 0 Å². The fourth-order valence-corrected chi connectivity index (χ4v) is 5.07. The van der Waals surface area contributed by atoms with E-state index in [9.17, 15) is 13.6 Å². The van der Waals surface area contributed by atoms with Crippen LogP contribution in [-0.2, 0) is 12.8 Å². The highest BCUT2D eigenvalue weighted by Crippen LogP contribution is 2.42. The molecule has 0 fully saturated rings. The van der Waals surface area contributed by atoms with Gasteiger partial charge in [0.2, 0.25) is 0 Å². The van der Waals surface area contributed by atoms with Crippen molar-refractivity contribution in [2.45, 2.75) is 40.0 Å². The summed E-state index contributed by atoms with van der Waals surface area (Å²) in [4.78, 5) is 21.4. The molecule has 0 radical (unpaired) electrons. The third-order valence-electron chi connectivity index (χ3n) is 5.34. The highest BCUT2D eigenvalue weighted by molar-refractivity contribution is 7.18. The minimum atomic E-state index is -0.735. The molecule has 1 unspecified atom stereocenters. The van der Waals surface area contributed by atoms with E-state index in [1.807, 2.05) is 0 Å². The van der Waals surface area contributed by atoms with Crippen molar-refractivity contribution in [1.82, 2.24) is 9.97 Å². The van der Waals surface area contributed by atoms with Crippen LogP contribution in [0.15, 0.2) is 23.0 Å². The van der Waals surface area contributed by atoms with Crippen molar-refractivity contribution < 1.29 is 8.78 Å². The van der Waals surface area contributed by atoms with Gasteiger partial charge in [0.05, 0.1) is 10.9 Å². The lowest BCUT2D eigenvalue weighted by Crippen LogP contribution is -2.26. The molecule has 1 atom stereocenters. The topological polar surface area (TPSA) is 45.8 Å². The molecule has 0 bridgehead atoms. The Morgan fingerprint density at radius 1 is 1.23 bits per heavy atom. The summed E-state index contributed by atoms with van der Waals surface area (Å²) < 4.78 is 28.2. The Labute approximate surface area is 154 Å². The van der Waals surface area contributed by atoms with E-state index in [2.05, 4.69) is 30.7 Å². The molecule has 2 heterocycles. The van der Waals surface area contributed by atoms with Gasteiger partial charge in [-0.1, -0.05) is 26.8 Å². The van der Waals surface area contributed by atoms with E-state index in [-0.39, 0.29) is 22.4 Å². The Bertz CT molecular complexity index is 1040. The number of halogens is 2. The van der Waals surface area contributed by atoms with Crippen molar-refractivity contribution in [3.05, 3.63) is 50.6 Å². The monoisotopic (exact) mass is 374 g/mol. The number of hydrogen-bond acceptors (Lipinski definition) is 3. The van der Waals surface area contributed by atoms with Gasteiger partial charge in [-0.05, 0) is 48.3 Å². The normalized spacial score (nSPS) is 17.5. The van der Waals surface area contributed by atoms with Gasteiger partial charge in [-0.25, -0.2) is 13.8 Å². The Balaban J connectivity index is 1.87. The molecular formula is C20H20F2N2OS. The largest absolute Gasteiger partial charge is 0.306 e. The van der Waals surface area contributed by atoms with E-state index in [1.165, 1.54) is 22.3 Å². The van der Waals surface area contributed by atoms with Crippen LogP contribution in [-0.4, -0.2) is 9.97 Å². The van der Waals surface area contributed by atoms with Crippen LogP contribution in [0.3, 0.4) is 0 Å². The van der Waals surface area contributed by atoms with Gasteiger partial charge in [0.25, 0.3) is 5.56 Å². The number of benzene rings is 1. The first-order valence-corrected chi connectivity index (χ1v) is 9.56. The SMILES string of the molecule is CC(C)(C)C1CCc2c(sc3nc(-c4c(F)cccc4F)[nH]c(=O)c23)C1. The molecule has 0 amide bonds. The second-order valence-corrected chi connectivity index (χ2v) is 9.08. The first-order chi connectivity index (χ1) is 12.3. The summed E-state index contributed by atoms with van der Waals surface area (Å²) in [6, 6.07) is 3.62. The van der Waals surface area contributed by atoms with Crippen molar-refractivity contribution in [3.8, 4) is 11.4 Å². The van der Waals surface area contributed by atoms with E-state index in [0.717, 1.165) is 37.0 Å². The molecule has 1 aromatic carbocycles. The lowest BCUT2D eigenvalue weighted by Gasteiger charge is -2.33. The van der Waals surface area contributed by atoms with Crippen molar-refractivity contribution in [3.63, 3.8) is 0 Å². The maximum Gasteiger partial charge on any atom is 0.260 e. The highest BCUT2D eigenvalue weighted by Gasteiger charge is 2.31. The Morgan fingerprint density at radius 2 is 1.92 bits per heavy atom. The molecule has 4 rings (SSSR count). The summed E-state index contributed by atoms with van der Waals surface area (Å²) in [6.07, 6.45) is 2.80. The summed E-state index contributed by atoms with van der Waals surface area (Å²) in [5.74, 6) is -0.974. The first kappa shape index (κ1) is 17.3. The molecule has 6 heteroatoms. The third-order valence-corrected chi connectivity index (χ3v) is 6.49. The predicted octanol–water partition coefficient (Wildman–Crippen LogP) is 5.08. The number of nitrogens with zero attached hydrogens (tertiary/aromatic N) is 1. The summed E-state index contributed by atoms with van der Waals surface area (Å²) >= 11 is 1.48. The number of aromatic amines is 1. The lowest BCUT2D eigenvalue weighted by molar-refractivity contribution is 0.218. The molecule has 1 aliphatic carbocycles. The van der Waals surface area contributed by atoms with E-state index in [4.69, 9.17) is 0 Å². The molecule has 0 spiro atoms. The van der Waals surface area contributed by atoms with Gasteiger partial charge >= 0.3 is 0 Å². The third kappa shape index (κ3) is 2.76. The van der Waals surface area contributed by atoms with Crippen molar-refractivity contribution in [2.24, 2.45) is 11.3 Å². The van der Waals surface area contributed by atoms with Gasteiger partial charge in [0.1, 0.15) is 22.3 Å². The number of fused-ring (bicyclic) bond motifs is 3. The van der Waals surface area contributed by atoms with Gasteiger partial charge in [-0.3, -0.25) is 4.79 Å². The van der Waals surface area contributed by atoms with E-state index < -0.39 is 11.6 Å². The molecule has 0 aliphatic heterocycles. The number of thiophene rings is 1. The van der Waals surface area contributed by atoms with Gasteiger partial charge < -0.3 is 4.98 Å². The van der Waals surface area contributed by atoms with E-state index in [0.29, 0.717) is 16.1 Å². The quantitative estimate of drug-likeness (QED) is 0.645. The smallest absolute Gasteiger partial charge is 0.260 e. The zero-order valence-electron chi connectivity index (χ0n) is 15.0. The second-order valence-electron chi connectivity index (χ2n) is 8.00. The fraction of sp³-hybridized carbons (Fsp3) is 0.400. The van der Waals surface area contributed by atoms with Crippen LogP contribution in [0.1, 0.15) is 37.6 Å². The average molecular weight is 374 g/mol. The minimum absolute atomic E-state index is 0.0518. The number of aryl methyl sites for hydroxylation is 1. The Hall–Kier alpha value is -2.08. The average Bonchev–Trinajstić information content (AvgIpc) is 2.91. The molecule has 136 valence electrons. The van der Waals surface area contributed by atoms with Gasteiger partial charge in [0, 0.05) is 4.88 Å². The number of H-pyrrole nitrogens is 1. The summed E-state index contributed by atoms with van der Waals surface area (Å²) in [7, 11) is 0.